The number of aryl methyl sites for hydroxylation is 1. The normalized spacial score (nSPS) is 10.8. The van der Waals surface area contributed by atoms with Crippen molar-refractivity contribution in [2.75, 3.05) is 19.0 Å². The summed E-state index contributed by atoms with van der Waals surface area (Å²) in [4.78, 5) is 12.8. The van der Waals surface area contributed by atoms with Crippen LogP contribution >= 0.6 is 0 Å². The summed E-state index contributed by atoms with van der Waals surface area (Å²) in [7, 11) is 1.56. The average molecular weight is 483 g/mol. The van der Waals surface area contributed by atoms with Crippen molar-refractivity contribution < 1.29 is 19.0 Å². The van der Waals surface area contributed by atoms with E-state index in [1.165, 1.54) is 11.6 Å². The van der Waals surface area contributed by atoms with Crippen LogP contribution in [0.5, 0.6) is 17.2 Å². The van der Waals surface area contributed by atoms with E-state index in [9.17, 15) is 10.1 Å². The summed E-state index contributed by atoms with van der Waals surface area (Å²) in [5.41, 5.74) is 4.23. The molecule has 0 aromatic heterocycles. The number of carbonyl (C=O) groups excluding carboxylic acids is 1. The lowest BCUT2D eigenvalue weighted by molar-refractivity contribution is -0.112. The maximum Gasteiger partial charge on any atom is 0.266 e. The van der Waals surface area contributed by atoms with Gasteiger partial charge in [0.25, 0.3) is 5.91 Å². The Morgan fingerprint density at radius 3 is 2.42 bits per heavy atom. The fraction of sp³-hybridized carbons (Fsp3) is 0.200. The van der Waals surface area contributed by atoms with E-state index in [1.807, 2.05) is 50.2 Å². The van der Waals surface area contributed by atoms with Crippen LogP contribution in [0.1, 0.15) is 29.2 Å². The second-order valence-electron chi connectivity index (χ2n) is 8.06. The third-order valence-corrected chi connectivity index (χ3v) is 5.34. The number of amides is 1. The van der Waals surface area contributed by atoms with Gasteiger partial charge in [0, 0.05) is 11.3 Å². The summed E-state index contributed by atoms with van der Waals surface area (Å²) in [5.74, 6) is 1.31. The van der Waals surface area contributed by atoms with E-state index in [0.29, 0.717) is 48.1 Å². The molecule has 0 bridgehead atoms. The van der Waals surface area contributed by atoms with Crippen molar-refractivity contribution in [3.63, 3.8) is 0 Å². The largest absolute Gasteiger partial charge is 0.494 e. The van der Waals surface area contributed by atoms with Gasteiger partial charge in [-0.2, -0.15) is 5.26 Å². The molecule has 1 amide bonds. The number of nitrogens with zero attached hydrogens (tertiary/aromatic N) is 1. The minimum atomic E-state index is -0.509. The fourth-order valence-electron chi connectivity index (χ4n) is 3.54. The Morgan fingerprint density at radius 1 is 1.08 bits per heavy atom. The van der Waals surface area contributed by atoms with Crippen molar-refractivity contribution >= 4 is 17.7 Å². The van der Waals surface area contributed by atoms with Crippen LogP contribution in [0, 0.1) is 18.3 Å². The van der Waals surface area contributed by atoms with Crippen LogP contribution in [0.2, 0.25) is 0 Å². The minimum Gasteiger partial charge on any atom is -0.494 e. The van der Waals surface area contributed by atoms with Gasteiger partial charge in [0.05, 0.1) is 13.7 Å². The molecule has 1 N–H and O–H groups in total. The second kappa shape index (κ2) is 12.8. The number of ether oxygens (including phenoxy) is 3. The van der Waals surface area contributed by atoms with Crippen molar-refractivity contribution in [2.24, 2.45) is 0 Å². The summed E-state index contributed by atoms with van der Waals surface area (Å²) in [5, 5.41) is 12.4. The zero-order valence-corrected chi connectivity index (χ0v) is 20.8. The van der Waals surface area contributed by atoms with Crippen LogP contribution in [0.4, 0.5) is 5.69 Å². The molecular formula is C30H30N2O4. The molecule has 6 heteroatoms. The lowest BCUT2D eigenvalue weighted by Crippen LogP contribution is -2.13. The molecule has 3 aromatic carbocycles. The van der Waals surface area contributed by atoms with E-state index in [-0.39, 0.29) is 5.57 Å². The Labute approximate surface area is 212 Å². The molecule has 0 unspecified atom stereocenters. The molecule has 0 aliphatic carbocycles. The maximum absolute atomic E-state index is 12.8. The van der Waals surface area contributed by atoms with Gasteiger partial charge in [0.15, 0.2) is 11.5 Å². The third-order valence-electron chi connectivity index (χ3n) is 5.34. The van der Waals surface area contributed by atoms with Crippen LogP contribution in [0.3, 0.4) is 0 Å². The van der Waals surface area contributed by atoms with Crippen molar-refractivity contribution in [2.45, 2.75) is 26.9 Å². The Kier molecular flexibility index (Phi) is 9.30. The molecule has 36 heavy (non-hydrogen) atoms. The molecule has 0 heterocycles. The lowest BCUT2D eigenvalue weighted by atomic mass is 10.0. The number of benzene rings is 3. The number of nitrogens with one attached hydrogen (secondary N) is 1. The first-order chi connectivity index (χ1) is 17.5. The monoisotopic (exact) mass is 482 g/mol. The number of nitriles is 1. The van der Waals surface area contributed by atoms with Crippen molar-refractivity contribution in [3.05, 3.63) is 101 Å². The number of hydrogen-bond donors (Lipinski definition) is 1. The van der Waals surface area contributed by atoms with E-state index in [1.54, 1.807) is 43.5 Å². The second-order valence-corrected chi connectivity index (χ2v) is 8.06. The van der Waals surface area contributed by atoms with Crippen LogP contribution in [-0.2, 0) is 17.8 Å². The van der Waals surface area contributed by atoms with E-state index < -0.39 is 5.91 Å². The van der Waals surface area contributed by atoms with Gasteiger partial charge < -0.3 is 19.5 Å². The summed E-state index contributed by atoms with van der Waals surface area (Å²) < 4.78 is 17.1. The van der Waals surface area contributed by atoms with Gasteiger partial charge in [-0.3, -0.25) is 4.79 Å². The average Bonchev–Trinajstić information content (AvgIpc) is 2.88. The van der Waals surface area contributed by atoms with Crippen molar-refractivity contribution in [1.82, 2.24) is 0 Å². The molecule has 3 rings (SSSR count). The Morgan fingerprint density at radius 2 is 1.81 bits per heavy atom. The first kappa shape index (κ1) is 26.1. The molecule has 184 valence electrons. The standard InChI is InChI=1S/C30H30N2O4/c1-5-7-24-16-23(18-28(34-4)29(24)36-20-22-10-8-21(3)9-11-22)17-25(19-31)30(33)32-26-12-14-27(15-13-26)35-6-2/h5,8-18H,1,6-7,20H2,2-4H3,(H,32,33)/b25-17+. The quantitative estimate of drug-likeness (QED) is 0.198. The van der Waals surface area contributed by atoms with E-state index in [2.05, 4.69) is 11.9 Å². The SMILES string of the molecule is C=CCc1cc(/C=C(\C#N)C(=O)Nc2ccc(OCC)cc2)cc(OC)c1OCc1ccc(C)cc1. The Bertz CT molecular complexity index is 1270. The third kappa shape index (κ3) is 7.00. The Balaban J connectivity index is 1.84. The van der Waals surface area contributed by atoms with E-state index >= 15 is 0 Å². The summed E-state index contributed by atoms with van der Waals surface area (Å²) in [6.45, 7) is 8.72. The smallest absolute Gasteiger partial charge is 0.266 e. The molecule has 0 atom stereocenters. The lowest BCUT2D eigenvalue weighted by Gasteiger charge is -2.16. The minimum absolute atomic E-state index is 0.0381. The van der Waals surface area contributed by atoms with Crippen LogP contribution in [-0.4, -0.2) is 19.6 Å². The van der Waals surface area contributed by atoms with Gasteiger partial charge in [-0.1, -0.05) is 35.9 Å². The van der Waals surface area contributed by atoms with Crippen molar-refractivity contribution in [3.8, 4) is 23.3 Å². The highest BCUT2D eigenvalue weighted by molar-refractivity contribution is 6.09. The zero-order chi connectivity index (χ0) is 25.9. The molecular weight excluding hydrogens is 452 g/mol. The van der Waals surface area contributed by atoms with Gasteiger partial charge in [0.1, 0.15) is 24.0 Å². The van der Waals surface area contributed by atoms with E-state index in [0.717, 1.165) is 11.1 Å². The molecule has 3 aromatic rings. The number of carbonyl (C=O) groups is 1. The highest BCUT2D eigenvalue weighted by Gasteiger charge is 2.15. The first-order valence-electron chi connectivity index (χ1n) is 11.6. The molecule has 0 aliphatic rings. The molecule has 0 saturated heterocycles. The molecule has 0 fully saturated rings. The van der Waals surface area contributed by atoms with Gasteiger partial charge in [-0.25, -0.2) is 0 Å². The van der Waals surface area contributed by atoms with Crippen LogP contribution < -0.4 is 19.5 Å². The highest BCUT2D eigenvalue weighted by atomic mass is 16.5. The molecule has 0 saturated carbocycles. The number of rotatable bonds is 11. The number of hydrogen-bond acceptors (Lipinski definition) is 5. The summed E-state index contributed by atoms with van der Waals surface area (Å²) in [6, 6.07) is 20.7. The van der Waals surface area contributed by atoms with Crippen molar-refractivity contribution in [1.29, 1.82) is 5.26 Å². The van der Waals surface area contributed by atoms with Crippen LogP contribution in [0.15, 0.2) is 78.9 Å². The highest BCUT2D eigenvalue weighted by Crippen LogP contribution is 2.35. The molecule has 0 aliphatic heterocycles. The predicted molar refractivity (Wildman–Crippen MR) is 142 cm³/mol. The maximum atomic E-state index is 12.8. The van der Waals surface area contributed by atoms with Gasteiger partial charge in [-0.15, -0.1) is 6.58 Å². The summed E-state index contributed by atoms with van der Waals surface area (Å²) in [6.07, 6.45) is 3.83. The molecule has 0 spiro atoms. The zero-order valence-electron chi connectivity index (χ0n) is 20.8. The molecule has 6 nitrogen and oxygen atoms in total. The number of anilines is 1. The van der Waals surface area contributed by atoms with Crippen LogP contribution in [0.25, 0.3) is 6.08 Å². The Hall–Kier alpha value is -4.50. The molecule has 0 radical (unpaired) electrons. The van der Waals surface area contributed by atoms with Gasteiger partial charge >= 0.3 is 0 Å². The number of allylic oxidation sites excluding steroid dienone is 1. The fourth-order valence-corrected chi connectivity index (χ4v) is 3.54. The topological polar surface area (TPSA) is 80.6 Å². The summed E-state index contributed by atoms with van der Waals surface area (Å²) >= 11 is 0. The predicted octanol–water partition coefficient (Wildman–Crippen LogP) is 6.26. The van der Waals surface area contributed by atoms with E-state index in [4.69, 9.17) is 14.2 Å². The van der Waals surface area contributed by atoms with Gasteiger partial charge in [0.2, 0.25) is 0 Å². The van der Waals surface area contributed by atoms with Gasteiger partial charge in [-0.05, 0) is 73.9 Å². The first-order valence-corrected chi connectivity index (χ1v) is 11.6. The number of methoxy groups -OCH3 is 1.